The molecule has 0 saturated carbocycles. The van der Waals surface area contributed by atoms with Crippen LogP contribution in [0.2, 0.25) is 0 Å². The van der Waals surface area contributed by atoms with Crippen molar-refractivity contribution in [1.29, 1.82) is 0 Å². The van der Waals surface area contributed by atoms with Crippen LogP contribution in [0.5, 0.6) is 0 Å². The van der Waals surface area contributed by atoms with Gasteiger partial charge in [0, 0.05) is 13.0 Å². The first kappa shape index (κ1) is 58.7. The van der Waals surface area contributed by atoms with Crippen LogP contribution in [0.4, 0.5) is 0 Å². The van der Waals surface area contributed by atoms with Crippen molar-refractivity contribution in [2.75, 3.05) is 26.4 Å². The van der Waals surface area contributed by atoms with Crippen LogP contribution in [-0.2, 0) is 23.7 Å². The SMILES string of the molecule is CCCCCC/C=C\C/C=C\CCCCCCCCOCC(COC1OC(CO)C(O)C(O)C1O)OC(=O)CCCCCCCCCCCCCCCCCCCCCCCC. The van der Waals surface area contributed by atoms with Crippen molar-refractivity contribution in [2.24, 2.45) is 0 Å². The van der Waals surface area contributed by atoms with Crippen molar-refractivity contribution >= 4 is 5.97 Å². The number of carbonyl (C=O) groups is 1. The van der Waals surface area contributed by atoms with Crippen LogP contribution in [0, 0.1) is 0 Å². The summed E-state index contributed by atoms with van der Waals surface area (Å²) in [6, 6.07) is 0. The van der Waals surface area contributed by atoms with Crippen LogP contribution in [0.15, 0.2) is 24.3 Å². The van der Waals surface area contributed by atoms with Crippen molar-refractivity contribution in [3.05, 3.63) is 24.3 Å². The largest absolute Gasteiger partial charge is 0.457 e. The smallest absolute Gasteiger partial charge is 0.306 e. The molecule has 6 atom stereocenters. The molecule has 0 aliphatic carbocycles. The predicted octanol–water partition coefficient (Wildman–Crippen LogP) is 12.9. The lowest BCUT2D eigenvalue weighted by Crippen LogP contribution is -2.59. The van der Waals surface area contributed by atoms with E-state index in [-0.39, 0.29) is 19.2 Å². The molecule has 1 heterocycles. The molecule has 0 aromatic heterocycles. The Balaban J connectivity index is 2.18. The standard InChI is InChI=1S/C53H100O9/c1-3-5-7-9-11-13-15-17-19-21-22-23-24-25-26-28-30-32-34-36-38-40-42-49(55)61-47(46-60-53-52(58)51(57)50(56)48(44-54)62-53)45-59-43-41-39-37-35-33-31-29-27-20-18-16-14-12-10-8-6-4-2/h14,16,20,27,47-48,50-54,56-58H,3-13,15,17-19,21-26,28-46H2,1-2H3/b16-14-,27-20-. The fourth-order valence-corrected chi connectivity index (χ4v) is 8.23. The van der Waals surface area contributed by atoms with Gasteiger partial charge in [-0.1, -0.05) is 218 Å². The molecule has 1 aliphatic rings. The highest BCUT2D eigenvalue weighted by Gasteiger charge is 2.44. The molecule has 0 aromatic rings. The molecule has 9 nitrogen and oxygen atoms in total. The molecule has 0 amide bonds. The van der Waals surface area contributed by atoms with Gasteiger partial charge < -0.3 is 39.4 Å². The van der Waals surface area contributed by atoms with E-state index in [0.717, 1.165) is 51.4 Å². The van der Waals surface area contributed by atoms with Gasteiger partial charge in [0.1, 0.15) is 30.5 Å². The molecular formula is C53H100O9. The van der Waals surface area contributed by atoms with E-state index >= 15 is 0 Å². The van der Waals surface area contributed by atoms with Gasteiger partial charge in [-0.2, -0.15) is 0 Å². The Bertz CT molecular complexity index is 1000. The van der Waals surface area contributed by atoms with E-state index in [1.807, 2.05) is 0 Å². The maximum Gasteiger partial charge on any atom is 0.306 e. The molecule has 0 bridgehead atoms. The van der Waals surface area contributed by atoms with Crippen LogP contribution in [0.3, 0.4) is 0 Å². The average molecular weight is 881 g/mol. The zero-order chi connectivity index (χ0) is 45.0. The Morgan fingerprint density at radius 1 is 0.516 bits per heavy atom. The summed E-state index contributed by atoms with van der Waals surface area (Å²) in [5.41, 5.74) is 0. The fourth-order valence-electron chi connectivity index (χ4n) is 8.23. The molecule has 0 aromatic carbocycles. The molecule has 1 fully saturated rings. The van der Waals surface area contributed by atoms with Gasteiger partial charge in [-0.15, -0.1) is 0 Å². The minimum Gasteiger partial charge on any atom is -0.457 e. The maximum absolute atomic E-state index is 12.8. The summed E-state index contributed by atoms with van der Waals surface area (Å²) in [6.07, 6.45) is 46.4. The maximum atomic E-state index is 12.8. The Morgan fingerprint density at radius 3 is 1.40 bits per heavy atom. The van der Waals surface area contributed by atoms with Crippen molar-refractivity contribution in [2.45, 2.75) is 282 Å². The van der Waals surface area contributed by atoms with Crippen molar-refractivity contribution in [3.63, 3.8) is 0 Å². The van der Waals surface area contributed by atoms with Gasteiger partial charge in [0.15, 0.2) is 6.29 Å². The molecule has 6 unspecified atom stereocenters. The summed E-state index contributed by atoms with van der Waals surface area (Å²) in [6.45, 7) is 4.56. The lowest BCUT2D eigenvalue weighted by molar-refractivity contribution is -0.305. The minimum absolute atomic E-state index is 0.114. The van der Waals surface area contributed by atoms with Gasteiger partial charge >= 0.3 is 5.97 Å². The predicted molar refractivity (Wildman–Crippen MR) is 256 cm³/mol. The number of unbranched alkanes of at least 4 members (excludes halogenated alkanes) is 31. The van der Waals surface area contributed by atoms with Crippen molar-refractivity contribution in [3.8, 4) is 0 Å². The number of esters is 1. The number of rotatable bonds is 46. The molecule has 4 N–H and O–H groups in total. The zero-order valence-electron chi connectivity index (χ0n) is 40.4. The normalized spacial score (nSPS) is 19.9. The fraction of sp³-hybridized carbons (Fsp3) is 0.906. The summed E-state index contributed by atoms with van der Waals surface area (Å²) in [5.74, 6) is -0.312. The summed E-state index contributed by atoms with van der Waals surface area (Å²) < 4.78 is 22.9. The molecule has 9 heteroatoms. The second-order valence-electron chi connectivity index (χ2n) is 18.3. The van der Waals surface area contributed by atoms with Crippen LogP contribution >= 0.6 is 0 Å². The van der Waals surface area contributed by atoms with Gasteiger partial charge in [0.05, 0.1) is 19.8 Å². The molecular weight excluding hydrogens is 781 g/mol. The van der Waals surface area contributed by atoms with Gasteiger partial charge in [0.25, 0.3) is 0 Å². The lowest BCUT2D eigenvalue weighted by atomic mass is 9.99. The van der Waals surface area contributed by atoms with E-state index in [0.29, 0.717) is 13.0 Å². The Kier molecular flexibility index (Phi) is 42.5. The zero-order valence-corrected chi connectivity index (χ0v) is 40.4. The van der Waals surface area contributed by atoms with Crippen LogP contribution < -0.4 is 0 Å². The van der Waals surface area contributed by atoms with Gasteiger partial charge in [-0.3, -0.25) is 4.79 Å². The molecule has 0 radical (unpaired) electrons. The molecule has 1 aliphatic heterocycles. The second kappa shape index (κ2) is 44.9. The van der Waals surface area contributed by atoms with Crippen molar-refractivity contribution in [1.82, 2.24) is 0 Å². The van der Waals surface area contributed by atoms with Crippen molar-refractivity contribution < 1.29 is 44.2 Å². The number of allylic oxidation sites excluding steroid dienone is 4. The lowest BCUT2D eigenvalue weighted by Gasteiger charge is -2.39. The van der Waals surface area contributed by atoms with E-state index in [4.69, 9.17) is 18.9 Å². The number of aliphatic hydroxyl groups excluding tert-OH is 4. The second-order valence-corrected chi connectivity index (χ2v) is 18.3. The van der Waals surface area contributed by atoms with Gasteiger partial charge in [-0.05, 0) is 44.9 Å². The monoisotopic (exact) mass is 881 g/mol. The highest BCUT2D eigenvalue weighted by molar-refractivity contribution is 5.69. The highest BCUT2D eigenvalue weighted by Crippen LogP contribution is 2.23. The minimum atomic E-state index is -1.54. The first-order valence-corrected chi connectivity index (χ1v) is 26.4. The summed E-state index contributed by atoms with van der Waals surface area (Å²) >= 11 is 0. The first-order chi connectivity index (χ1) is 30.4. The number of carbonyl (C=O) groups excluding carboxylic acids is 1. The summed E-state index contributed by atoms with van der Waals surface area (Å²) in [4.78, 5) is 12.8. The molecule has 62 heavy (non-hydrogen) atoms. The van der Waals surface area contributed by atoms with E-state index in [2.05, 4.69) is 38.2 Å². The van der Waals surface area contributed by atoms with E-state index < -0.39 is 43.4 Å². The Labute approximate surface area is 381 Å². The molecule has 366 valence electrons. The van der Waals surface area contributed by atoms with Gasteiger partial charge in [-0.25, -0.2) is 0 Å². The quantitative estimate of drug-likeness (QED) is 0.0268. The molecule has 1 rings (SSSR count). The third-order valence-corrected chi connectivity index (χ3v) is 12.4. The van der Waals surface area contributed by atoms with Crippen LogP contribution in [0.25, 0.3) is 0 Å². The van der Waals surface area contributed by atoms with E-state index in [9.17, 15) is 25.2 Å². The summed E-state index contributed by atoms with van der Waals surface area (Å²) in [7, 11) is 0. The van der Waals surface area contributed by atoms with E-state index in [1.165, 1.54) is 173 Å². The topological polar surface area (TPSA) is 135 Å². The third kappa shape index (κ3) is 35.0. The van der Waals surface area contributed by atoms with Gasteiger partial charge in [0.2, 0.25) is 0 Å². The average Bonchev–Trinajstić information content (AvgIpc) is 3.27. The highest BCUT2D eigenvalue weighted by atomic mass is 16.7. The Morgan fingerprint density at radius 2 is 0.935 bits per heavy atom. The number of hydrogen-bond donors (Lipinski definition) is 4. The number of hydrogen-bond acceptors (Lipinski definition) is 9. The Hall–Kier alpha value is -1.33. The first-order valence-electron chi connectivity index (χ1n) is 26.4. The number of aliphatic hydroxyl groups is 4. The van der Waals surface area contributed by atoms with E-state index in [1.54, 1.807) is 0 Å². The van der Waals surface area contributed by atoms with Crippen LogP contribution in [0.1, 0.15) is 245 Å². The molecule has 0 spiro atoms. The van der Waals surface area contributed by atoms with Crippen LogP contribution in [-0.4, -0.2) is 89.6 Å². The number of ether oxygens (including phenoxy) is 4. The summed E-state index contributed by atoms with van der Waals surface area (Å²) in [5, 5.41) is 40.2. The molecule has 1 saturated heterocycles. The third-order valence-electron chi connectivity index (χ3n) is 12.4.